The maximum Gasteiger partial charge on any atom is 0.0991 e. The van der Waals surface area contributed by atoms with E-state index in [2.05, 4.69) is 40.4 Å². The van der Waals surface area contributed by atoms with Gasteiger partial charge in [-0.3, -0.25) is 0 Å². The van der Waals surface area contributed by atoms with Crippen LogP contribution < -0.4 is 0 Å². The van der Waals surface area contributed by atoms with Crippen molar-refractivity contribution in [2.45, 2.75) is 31.2 Å². The Morgan fingerprint density at radius 1 is 1.23 bits per heavy atom. The van der Waals surface area contributed by atoms with Crippen LogP contribution in [0, 0.1) is 11.3 Å². The lowest BCUT2D eigenvalue weighted by molar-refractivity contribution is 0.286. The van der Waals surface area contributed by atoms with Crippen molar-refractivity contribution in [3.05, 3.63) is 90.5 Å². The van der Waals surface area contributed by atoms with E-state index in [1.807, 2.05) is 48.9 Å². The Hall–Kier alpha value is -3.12. The van der Waals surface area contributed by atoms with Crippen LogP contribution in [0.25, 0.3) is 11.1 Å². The van der Waals surface area contributed by atoms with E-state index in [0.29, 0.717) is 5.56 Å². The number of hydrogen-bond donors (Lipinski definition) is 0. The second kappa shape index (κ2) is 6.65. The first-order valence-electron chi connectivity index (χ1n) is 9.01. The molecule has 1 unspecified atom stereocenters. The Labute approximate surface area is 154 Å². The van der Waals surface area contributed by atoms with Gasteiger partial charge in [0.05, 0.1) is 23.5 Å². The van der Waals surface area contributed by atoms with Gasteiger partial charge in [0.1, 0.15) is 0 Å². The van der Waals surface area contributed by atoms with Crippen molar-refractivity contribution in [3.63, 3.8) is 0 Å². The molecule has 0 amide bonds. The first-order valence-corrected chi connectivity index (χ1v) is 9.01. The quantitative estimate of drug-likeness (QED) is 0.622. The van der Waals surface area contributed by atoms with Crippen molar-refractivity contribution < 1.29 is 0 Å². The molecule has 2 heterocycles. The van der Waals surface area contributed by atoms with E-state index in [1.165, 1.54) is 11.3 Å². The summed E-state index contributed by atoms with van der Waals surface area (Å²) in [6, 6.07) is 18.7. The summed E-state index contributed by atoms with van der Waals surface area (Å²) in [4.78, 5) is 4.42. The summed E-state index contributed by atoms with van der Waals surface area (Å²) in [5.74, 6) is 0. The number of imidazole rings is 1. The highest BCUT2D eigenvalue weighted by atomic mass is 15.1. The minimum atomic E-state index is -0.203. The van der Waals surface area contributed by atoms with Crippen molar-refractivity contribution in [2.75, 3.05) is 0 Å². The Balaban J connectivity index is 2.00. The second-order valence-electron chi connectivity index (χ2n) is 6.87. The first-order chi connectivity index (χ1) is 12.8. The lowest BCUT2D eigenvalue weighted by Gasteiger charge is -2.41. The molecule has 2 aromatic carbocycles. The monoisotopic (exact) mass is 339 g/mol. The lowest BCUT2D eigenvalue weighted by Crippen LogP contribution is -2.38. The van der Waals surface area contributed by atoms with E-state index in [-0.39, 0.29) is 5.54 Å². The largest absolute Gasteiger partial charge is 0.324 e. The number of aromatic nitrogens is 2. The summed E-state index contributed by atoms with van der Waals surface area (Å²) in [5, 5.41) is 9.42. The molecule has 0 bridgehead atoms. The molecule has 4 rings (SSSR count). The van der Waals surface area contributed by atoms with E-state index in [0.717, 1.165) is 36.8 Å². The third kappa shape index (κ3) is 2.55. The molecule has 0 aliphatic carbocycles. The van der Waals surface area contributed by atoms with Crippen molar-refractivity contribution >= 4 is 0 Å². The molecule has 3 nitrogen and oxygen atoms in total. The summed E-state index contributed by atoms with van der Waals surface area (Å²) in [7, 11) is 0. The molecule has 0 spiro atoms. The highest BCUT2D eigenvalue weighted by molar-refractivity contribution is 5.71. The van der Waals surface area contributed by atoms with Crippen LogP contribution in [0.2, 0.25) is 0 Å². The van der Waals surface area contributed by atoms with Gasteiger partial charge in [0.25, 0.3) is 0 Å². The van der Waals surface area contributed by atoms with Crippen molar-refractivity contribution in [1.82, 2.24) is 9.55 Å². The fourth-order valence-corrected chi connectivity index (χ4v) is 4.26. The van der Waals surface area contributed by atoms with Crippen LogP contribution in [0.15, 0.2) is 73.7 Å². The van der Waals surface area contributed by atoms with Gasteiger partial charge in [-0.2, -0.15) is 5.26 Å². The average Bonchev–Trinajstić information content (AvgIpc) is 3.18. The molecule has 3 heteroatoms. The van der Waals surface area contributed by atoms with Gasteiger partial charge in [-0.25, -0.2) is 4.98 Å². The Kier molecular flexibility index (Phi) is 4.18. The molecule has 1 atom stereocenters. The number of rotatable bonds is 4. The van der Waals surface area contributed by atoms with Gasteiger partial charge in [0.15, 0.2) is 0 Å². The maximum atomic E-state index is 9.42. The number of fused-ring (bicyclic) bond motifs is 1. The minimum Gasteiger partial charge on any atom is -0.324 e. The van der Waals surface area contributed by atoms with Crippen molar-refractivity contribution in [3.8, 4) is 17.2 Å². The van der Waals surface area contributed by atoms with Gasteiger partial charge < -0.3 is 4.57 Å². The Bertz CT molecular complexity index is 978. The van der Waals surface area contributed by atoms with Crippen LogP contribution in [0.4, 0.5) is 0 Å². The van der Waals surface area contributed by atoms with Crippen LogP contribution in [0.5, 0.6) is 0 Å². The van der Waals surface area contributed by atoms with Gasteiger partial charge >= 0.3 is 0 Å². The molecule has 0 radical (unpaired) electrons. The van der Waals surface area contributed by atoms with E-state index in [9.17, 15) is 5.26 Å². The molecule has 1 aliphatic heterocycles. The zero-order chi connectivity index (χ0) is 18.0. The van der Waals surface area contributed by atoms with Gasteiger partial charge in [-0.1, -0.05) is 42.5 Å². The van der Waals surface area contributed by atoms with Crippen molar-refractivity contribution in [2.24, 2.45) is 0 Å². The average molecular weight is 339 g/mol. The highest BCUT2D eigenvalue weighted by Gasteiger charge is 2.38. The zero-order valence-electron chi connectivity index (χ0n) is 14.7. The van der Waals surface area contributed by atoms with E-state index in [4.69, 9.17) is 0 Å². The summed E-state index contributed by atoms with van der Waals surface area (Å²) < 4.78 is 2.33. The normalized spacial score (nSPS) is 18.7. The molecule has 26 heavy (non-hydrogen) atoms. The summed E-state index contributed by atoms with van der Waals surface area (Å²) in [6.45, 7) is 4.03. The molecule has 0 N–H and O–H groups in total. The summed E-state index contributed by atoms with van der Waals surface area (Å²) in [5.41, 5.74) is 5.24. The molecule has 1 aromatic heterocycles. The van der Waals surface area contributed by atoms with Gasteiger partial charge in [0, 0.05) is 11.9 Å². The SMILES string of the molecule is C=CCC1(c2ccc(C#N)cc2-c2ccccc2)CCCc2cncn21. The fraction of sp³-hybridized carbons (Fsp3) is 0.217. The standard InChI is InChI=1S/C23H21N3/c1-2-12-23(13-6-9-20-16-25-17-26(20)23)22-11-10-18(15-24)14-21(22)19-7-4-3-5-8-19/h2-5,7-8,10-11,14,16-17H,1,6,9,12-13H2. The Morgan fingerprint density at radius 3 is 2.85 bits per heavy atom. The predicted octanol–water partition coefficient (Wildman–Crippen LogP) is 5.08. The van der Waals surface area contributed by atoms with E-state index < -0.39 is 0 Å². The van der Waals surface area contributed by atoms with Gasteiger partial charge in [-0.05, 0) is 54.5 Å². The Morgan fingerprint density at radius 2 is 2.08 bits per heavy atom. The first kappa shape index (κ1) is 16.4. The molecule has 0 saturated heterocycles. The second-order valence-corrected chi connectivity index (χ2v) is 6.87. The highest BCUT2D eigenvalue weighted by Crippen LogP contribution is 2.44. The van der Waals surface area contributed by atoms with Crippen LogP contribution in [-0.2, 0) is 12.0 Å². The molecule has 0 fully saturated rings. The van der Waals surface area contributed by atoms with Gasteiger partial charge in [-0.15, -0.1) is 6.58 Å². The van der Waals surface area contributed by atoms with Crippen LogP contribution in [-0.4, -0.2) is 9.55 Å². The predicted molar refractivity (Wildman–Crippen MR) is 104 cm³/mol. The molecular formula is C23H21N3. The number of allylic oxidation sites excluding steroid dienone is 1. The van der Waals surface area contributed by atoms with Crippen LogP contribution in [0.3, 0.4) is 0 Å². The van der Waals surface area contributed by atoms with E-state index >= 15 is 0 Å². The lowest BCUT2D eigenvalue weighted by atomic mass is 9.75. The number of aryl methyl sites for hydroxylation is 1. The summed E-state index contributed by atoms with van der Waals surface area (Å²) in [6.07, 6.45) is 9.97. The number of benzene rings is 2. The topological polar surface area (TPSA) is 41.6 Å². The molecule has 128 valence electrons. The third-order valence-electron chi connectivity index (χ3n) is 5.42. The molecule has 1 aliphatic rings. The number of nitriles is 1. The maximum absolute atomic E-state index is 9.42. The van der Waals surface area contributed by atoms with Crippen LogP contribution in [0.1, 0.15) is 36.1 Å². The minimum absolute atomic E-state index is 0.203. The number of nitrogens with zero attached hydrogens (tertiary/aromatic N) is 3. The fourth-order valence-electron chi connectivity index (χ4n) is 4.26. The van der Waals surface area contributed by atoms with Gasteiger partial charge in [0.2, 0.25) is 0 Å². The molecule has 0 saturated carbocycles. The zero-order valence-corrected chi connectivity index (χ0v) is 14.7. The van der Waals surface area contributed by atoms with Crippen molar-refractivity contribution in [1.29, 1.82) is 5.26 Å². The number of hydrogen-bond acceptors (Lipinski definition) is 2. The third-order valence-corrected chi connectivity index (χ3v) is 5.42. The summed E-state index contributed by atoms with van der Waals surface area (Å²) >= 11 is 0. The van der Waals surface area contributed by atoms with Crippen LogP contribution >= 0.6 is 0 Å². The van der Waals surface area contributed by atoms with E-state index in [1.54, 1.807) is 0 Å². The molecular weight excluding hydrogens is 318 g/mol. The molecule has 3 aromatic rings. The smallest absolute Gasteiger partial charge is 0.0991 e.